The fourth-order valence-corrected chi connectivity index (χ4v) is 1.59. The Morgan fingerprint density at radius 2 is 1.90 bits per heavy atom. The van der Waals surface area contributed by atoms with Gasteiger partial charge < -0.3 is 24.6 Å². The second-order valence-corrected chi connectivity index (χ2v) is 3.76. The van der Waals surface area contributed by atoms with Crippen molar-refractivity contribution in [1.29, 1.82) is 0 Å². The van der Waals surface area contributed by atoms with Crippen LogP contribution in [0.25, 0.3) is 11.3 Å². The molecule has 1 aromatic carbocycles. The molecular formula is C12H9NO7. The van der Waals surface area contributed by atoms with E-state index in [0.717, 1.165) is 18.2 Å². The number of nitrogens with zero attached hydrogens (tertiary/aromatic N) is 1. The van der Waals surface area contributed by atoms with E-state index in [1.165, 1.54) is 7.11 Å². The summed E-state index contributed by atoms with van der Waals surface area (Å²) < 4.78 is 9.42. The molecule has 104 valence electrons. The van der Waals surface area contributed by atoms with Crippen molar-refractivity contribution in [3.63, 3.8) is 0 Å². The van der Waals surface area contributed by atoms with Gasteiger partial charge in [0, 0.05) is 6.07 Å². The minimum Gasteiger partial charge on any atom is -0.504 e. The van der Waals surface area contributed by atoms with Crippen LogP contribution >= 0.6 is 0 Å². The Morgan fingerprint density at radius 3 is 2.40 bits per heavy atom. The fraction of sp³-hybridized carbons (Fsp3) is 0.0833. The molecule has 2 aromatic rings. The predicted molar refractivity (Wildman–Crippen MR) is 64.1 cm³/mol. The van der Waals surface area contributed by atoms with Gasteiger partial charge in [-0.05, 0) is 12.1 Å². The number of hydrogen-bond acceptors (Lipinski definition) is 6. The molecule has 3 N–H and O–H groups in total. The van der Waals surface area contributed by atoms with Gasteiger partial charge in [0.2, 0.25) is 5.76 Å². The summed E-state index contributed by atoms with van der Waals surface area (Å²) in [6.45, 7) is 0. The molecule has 0 unspecified atom stereocenters. The van der Waals surface area contributed by atoms with E-state index in [0.29, 0.717) is 0 Å². The maximum Gasteiger partial charge on any atom is 0.374 e. The first-order chi connectivity index (χ1) is 9.43. The predicted octanol–water partition coefficient (Wildman–Crippen LogP) is 1.45. The SMILES string of the molecule is COc1cc(C(=O)O)cc(-c2cc(C(=O)O)on2)c1O. The molecular weight excluding hydrogens is 270 g/mol. The summed E-state index contributed by atoms with van der Waals surface area (Å²) in [6, 6.07) is 3.35. The van der Waals surface area contributed by atoms with Gasteiger partial charge in [-0.25, -0.2) is 9.59 Å². The van der Waals surface area contributed by atoms with Gasteiger partial charge in [0.1, 0.15) is 5.69 Å². The molecule has 0 bridgehead atoms. The van der Waals surface area contributed by atoms with Crippen molar-refractivity contribution in [3.8, 4) is 22.8 Å². The van der Waals surface area contributed by atoms with E-state index in [4.69, 9.17) is 14.9 Å². The zero-order valence-electron chi connectivity index (χ0n) is 10.2. The van der Waals surface area contributed by atoms with E-state index in [1.54, 1.807) is 0 Å². The Kier molecular flexibility index (Phi) is 3.30. The van der Waals surface area contributed by atoms with Crippen LogP contribution < -0.4 is 4.74 Å². The third kappa shape index (κ3) is 2.26. The van der Waals surface area contributed by atoms with E-state index in [9.17, 15) is 14.7 Å². The van der Waals surface area contributed by atoms with Crippen LogP contribution in [0.5, 0.6) is 11.5 Å². The zero-order chi connectivity index (χ0) is 14.9. The molecule has 0 atom stereocenters. The second kappa shape index (κ2) is 4.92. The number of phenols is 1. The highest BCUT2D eigenvalue weighted by Crippen LogP contribution is 2.38. The fourth-order valence-electron chi connectivity index (χ4n) is 1.59. The minimum atomic E-state index is -1.33. The van der Waals surface area contributed by atoms with E-state index >= 15 is 0 Å². The molecule has 0 radical (unpaired) electrons. The maximum atomic E-state index is 11.0. The molecule has 2 rings (SSSR count). The molecule has 1 aromatic heterocycles. The molecule has 0 amide bonds. The highest BCUT2D eigenvalue weighted by atomic mass is 16.5. The van der Waals surface area contributed by atoms with Gasteiger partial charge in [-0.3, -0.25) is 0 Å². The van der Waals surface area contributed by atoms with Crippen LogP contribution in [-0.2, 0) is 0 Å². The van der Waals surface area contributed by atoms with Gasteiger partial charge in [0.15, 0.2) is 11.5 Å². The van der Waals surface area contributed by atoms with Crippen LogP contribution in [0.3, 0.4) is 0 Å². The molecule has 0 aliphatic heterocycles. The summed E-state index contributed by atoms with van der Waals surface area (Å²) >= 11 is 0. The van der Waals surface area contributed by atoms with E-state index in [-0.39, 0.29) is 28.3 Å². The Labute approximate surface area is 111 Å². The van der Waals surface area contributed by atoms with Gasteiger partial charge >= 0.3 is 11.9 Å². The normalized spacial score (nSPS) is 10.2. The largest absolute Gasteiger partial charge is 0.504 e. The molecule has 0 aliphatic carbocycles. The van der Waals surface area contributed by atoms with Crippen LogP contribution in [0.2, 0.25) is 0 Å². The number of aromatic nitrogens is 1. The number of benzene rings is 1. The topological polar surface area (TPSA) is 130 Å². The van der Waals surface area contributed by atoms with Crippen LogP contribution in [-0.4, -0.2) is 39.5 Å². The van der Waals surface area contributed by atoms with Crippen molar-refractivity contribution in [3.05, 3.63) is 29.5 Å². The smallest absolute Gasteiger partial charge is 0.374 e. The van der Waals surface area contributed by atoms with Gasteiger partial charge in [-0.1, -0.05) is 5.16 Å². The monoisotopic (exact) mass is 279 g/mol. The highest BCUT2D eigenvalue weighted by molar-refractivity contribution is 5.92. The van der Waals surface area contributed by atoms with Crippen molar-refractivity contribution in [2.75, 3.05) is 7.11 Å². The molecule has 0 saturated carbocycles. The third-order valence-electron chi connectivity index (χ3n) is 2.54. The lowest BCUT2D eigenvalue weighted by Gasteiger charge is -2.08. The first kappa shape index (κ1) is 13.4. The lowest BCUT2D eigenvalue weighted by molar-refractivity contribution is 0.0650. The summed E-state index contributed by atoms with van der Waals surface area (Å²) in [5, 5.41) is 31.2. The standard InChI is InChI=1S/C12H9NO7/c1-19-8-3-5(11(15)16)2-6(10(8)14)7-4-9(12(17)18)20-13-7/h2-4,14H,1H3,(H,15,16)(H,17,18). The summed E-state index contributed by atoms with van der Waals surface area (Å²) in [5.41, 5.74) is -0.158. The van der Waals surface area contributed by atoms with Crippen LogP contribution in [0.4, 0.5) is 0 Å². The van der Waals surface area contributed by atoms with E-state index < -0.39 is 17.7 Å². The number of phenolic OH excluding ortho intramolecular Hbond substituents is 1. The average molecular weight is 279 g/mol. The number of rotatable bonds is 4. The number of ether oxygens (including phenoxy) is 1. The maximum absolute atomic E-state index is 11.0. The van der Waals surface area contributed by atoms with Crippen LogP contribution in [0, 0.1) is 0 Å². The average Bonchev–Trinajstić information content (AvgIpc) is 2.88. The van der Waals surface area contributed by atoms with Gasteiger partial charge in [0.05, 0.1) is 18.2 Å². The summed E-state index contributed by atoms with van der Waals surface area (Å²) in [6.07, 6.45) is 0. The van der Waals surface area contributed by atoms with Gasteiger partial charge in [-0.2, -0.15) is 0 Å². The Morgan fingerprint density at radius 1 is 1.20 bits per heavy atom. The number of carboxylic acids is 2. The number of methoxy groups -OCH3 is 1. The Balaban J connectivity index is 2.62. The Bertz CT molecular complexity index is 689. The van der Waals surface area contributed by atoms with Crippen LogP contribution in [0.15, 0.2) is 22.7 Å². The molecule has 20 heavy (non-hydrogen) atoms. The zero-order valence-corrected chi connectivity index (χ0v) is 10.2. The molecule has 8 nitrogen and oxygen atoms in total. The number of carbonyl (C=O) groups is 2. The molecule has 0 aliphatic rings. The quantitative estimate of drug-likeness (QED) is 0.766. The summed E-state index contributed by atoms with van der Waals surface area (Å²) in [5.74, 6) is -3.42. The van der Waals surface area contributed by atoms with Crippen molar-refractivity contribution in [1.82, 2.24) is 5.16 Å². The van der Waals surface area contributed by atoms with Crippen molar-refractivity contribution < 1.29 is 34.2 Å². The number of aromatic hydroxyl groups is 1. The molecule has 0 spiro atoms. The minimum absolute atomic E-state index is 0.00185. The van der Waals surface area contributed by atoms with Crippen molar-refractivity contribution in [2.24, 2.45) is 0 Å². The van der Waals surface area contributed by atoms with E-state index in [1.807, 2.05) is 0 Å². The summed E-state index contributed by atoms with van der Waals surface area (Å²) in [4.78, 5) is 21.7. The molecule has 8 heteroatoms. The summed E-state index contributed by atoms with van der Waals surface area (Å²) in [7, 11) is 1.26. The van der Waals surface area contributed by atoms with Gasteiger partial charge in [-0.15, -0.1) is 0 Å². The van der Waals surface area contributed by atoms with Gasteiger partial charge in [0.25, 0.3) is 0 Å². The molecule has 1 heterocycles. The number of carboxylic acid groups (broad SMARTS) is 2. The molecule has 0 fully saturated rings. The second-order valence-electron chi connectivity index (χ2n) is 3.76. The Hall–Kier alpha value is -3.03. The van der Waals surface area contributed by atoms with Crippen LogP contribution in [0.1, 0.15) is 20.9 Å². The first-order valence-corrected chi connectivity index (χ1v) is 5.28. The number of hydrogen-bond donors (Lipinski definition) is 3. The first-order valence-electron chi connectivity index (χ1n) is 5.28. The van der Waals surface area contributed by atoms with Crippen molar-refractivity contribution >= 4 is 11.9 Å². The van der Waals surface area contributed by atoms with Crippen molar-refractivity contribution in [2.45, 2.75) is 0 Å². The highest BCUT2D eigenvalue weighted by Gasteiger charge is 2.20. The third-order valence-corrected chi connectivity index (χ3v) is 2.54. The lowest BCUT2D eigenvalue weighted by atomic mass is 10.1. The molecule has 0 saturated heterocycles. The van der Waals surface area contributed by atoms with E-state index in [2.05, 4.69) is 9.68 Å². The lowest BCUT2D eigenvalue weighted by Crippen LogP contribution is -1.98. The number of aromatic carboxylic acids is 2.